The smallest absolute Gasteiger partial charge is 0.153 e. The van der Waals surface area contributed by atoms with E-state index >= 15 is 0 Å². The van der Waals surface area contributed by atoms with Crippen LogP contribution in [0, 0.1) is 0 Å². The number of ether oxygens (including phenoxy) is 1. The summed E-state index contributed by atoms with van der Waals surface area (Å²) < 4.78 is 8.24. The number of fused-ring (bicyclic) bond motifs is 2. The van der Waals surface area contributed by atoms with E-state index in [0.717, 1.165) is 49.1 Å². The van der Waals surface area contributed by atoms with E-state index in [1.807, 2.05) is 53.3 Å². The third-order valence-corrected chi connectivity index (χ3v) is 5.45. The normalized spacial score (nSPS) is 12.3. The standard InChI is InChI=1S/C23H17BrN4O/c1-29-18-10-9-16-12-20-26-23(24)22(17-8-5-11-25-14-17)28(20)27-21(19(16)13-18)15-6-3-2-4-7-15/h2-14,27H,1H3. The Morgan fingerprint density at radius 3 is 2.59 bits per heavy atom. The second-order valence-corrected chi connectivity index (χ2v) is 7.39. The molecule has 0 radical (unpaired) electrons. The van der Waals surface area contributed by atoms with Gasteiger partial charge in [0.2, 0.25) is 0 Å². The average molecular weight is 445 g/mol. The van der Waals surface area contributed by atoms with Crippen molar-refractivity contribution in [2.24, 2.45) is 0 Å². The lowest BCUT2D eigenvalue weighted by molar-refractivity contribution is 0.414. The fourth-order valence-electron chi connectivity index (χ4n) is 3.51. The van der Waals surface area contributed by atoms with Crippen LogP contribution in [0.4, 0.5) is 0 Å². The van der Waals surface area contributed by atoms with Crippen LogP contribution in [0.15, 0.2) is 77.7 Å². The summed E-state index contributed by atoms with van der Waals surface area (Å²) in [5.41, 5.74) is 7.53. The highest BCUT2D eigenvalue weighted by Gasteiger charge is 2.20. The molecule has 6 heteroatoms. The summed E-state index contributed by atoms with van der Waals surface area (Å²) in [6.07, 6.45) is 5.67. The SMILES string of the molecule is COc1ccc2c(c1)=C(c1ccccc1)Nn1c(nc(Br)c1-c1cccnc1)C=2. The summed E-state index contributed by atoms with van der Waals surface area (Å²) in [5, 5.41) is 2.11. The first-order valence-corrected chi connectivity index (χ1v) is 9.95. The number of nitrogens with zero attached hydrogens (tertiary/aromatic N) is 3. The second-order valence-electron chi connectivity index (χ2n) is 6.64. The Kier molecular flexibility index (Phi) is 4.41. The number of nitrogens with one attached hydrogen (secondary N) is 1. The summed E-state index contributed by atoms with van der Waals surface area (Å²) in [4.78, 5) is 9.02. The summed E-state index contributed by atoms with van der Waals surface area (Å²) in [6, 6.07) is 20.3. The van der Waals surface area contributed by atoms with Crippen molar-refractivity contribution in [2.75, 3.05) is 12.5 Å². The predicted molar refractivity (Wildman–Crippen MR) is 117 cm³/mol. The molecule has 3 heterocycles. The summed E-state index contributed by atoms with van der Waals surface area (Å²) >= 11 is 3.63. The zero-order valence-electron chi connectivity index (χ0n) is 15.6. The highest BCUT2D eigenvalue weighted by atomic mass is 79.9. The van der Waals surface area contributed by atoms with Gasteiger partial charge in [-0.25, -0.2) is 9.66 Å². The van der Waals surface area contributed by atoms with Crippen LogP contribution in [0.1, 0.15) is 11.4 Å². The van der Waals surface area contributed by atoms with Crippen molar-refractivity contribution in [1.82, 2.24) is 14.6 Å². The van der Waals surface area contributed by atoms with Gasteiger partial charge in [0.15, 0.2) is 5.82 Å². The molecule has 0 spiro atoms. The summed E-state index contributed by atoms with van der Waals surface area (Å²) in [7, 11) is 1.68. The monoisotopic (exact) mass is 444 g/mol. The van der Waals surface area contributed by atoms with Crippen LogP contribution in [0.25, 0.3) is 23.0 Å². The molecule has 5 nitrogen and oxygen atoms in total. The van der Waals surface area contributed by atoms with Crippen LogP contribution in [0.2, 0.25) is 0 Å². The van der Waals surface area contributed by atoms with Crippen molar-refractivity contribution in [3.8, 4) is 17.0 Å². The number of rotatable bonds is 3. The van der Waals surface area contributed by atoms with E-state index in [-0.39, 0.29) is 0 Å². The van der Waals surface area contributed by atoms with Crippen LogP contribution in [0.5, 0.6) is 5.75 Å². The van der Waals surface area contributed by atoms with Crippen LogP contribution in [0.3, 0.4) is 0 Å². The van der Waals surface area contributed by atoms with Gasteiger partial charge in [0.1, 0.15) is 16.0 Å². The first kappa shape index (κ1) is 17.7. The van der Waals surface area contributed by atoms with Crippen molar-refractivity contribution in [3.63, 3.8) is 0 Å². The molecule has 0 bridgehead atoms. The third kappa shape index (κ3) is 3.11. The molecule has 0 fully saturated rings. The van der Waals surface area contributed by atoms with Crippen LogP contribution < -0.4 is 20.6 Å². The number of aromatic nitrogens is 3. The first-order chi connectivity index (χ1) is 14.2. The highest BCUT2D eigenvalue weighted by molar-refractivity contribution is 9.10. The largest absolute Gasteiger partial charge is 0.497 e. The number of benzene rings is 2. The number of imidazole rings is 1. The van der Waals surface area contributed by atoms with Gasteiger partial charge in [-0.1, -0.05) is 36.4 Å². The molecule has 0 saturated carbocycles. The quantitative estimate of drug-likeness (QED) is 0.526. The lowest BCUT2D eigenvalue weighted by atomic mass is 10.1. The molecule has 1 N–H and O–H groups in total. The van der Waals surface area contributed by atoms with Gasteiger partial charge in [0, 0.05) is 28.7 Å². The maximum Gasteiger partial charge on any atom is 0.153 e. The van der Waals surface area contributed by atoms with Gasteiger partial charge in [-0.15, -0.1) is 0 Å². The van der Waals surface area contributed by atoms with Gasteiger partial charge in [-0.2, -0.15) is 0 Å². The maximum atomic E-state index is 5.48. The molecule has 0 amide bonds. The zero-order valence-corrected chi connectivity index (χ0v) is 17.2. The minimum absolute atomic E-state index is 0.758. The van der Waals surface area contributed by atoms with E-state index in [9.17, 15) is 0 Å². The van der Waals surface area contributed by atoms with Crippen molar-refractivity contribution in [1.29, 1.82) is 0 Å². The Morgan fingerprint density at radius 2 is 1.83 bits per heavy atom. The minimum atomic E-state index is 0.758. The van der Waals surface area contributed by atoms with Gasteiger partial charge in [0.05, 0.1) is 12.8 Å². The molecule has 1 aliphatic rings. The van der Waals surface area contributed by atoms with E-state index in [0.29, 0.717) is 0 Å². The zero-order chi connectivity index (χ0) is 19.8. The number of methoxy groups -OCH3 is 1. The number of hydrogen-bond acceptors (Lipinski definition) is 4. The summed E-state index contributed by atoms with van der Waals surface area (Å²) in [5.74, 6) is 1.61. The molecule has 1 aliphatic heterocycles. The molecule has 0 unspecified atom stereocenters. The average Bonchev–Trinajstić information content (AvgIpc) is 2.98. The fourth-order valence-corrected chi connectivity index (χ4v) is 4.10. The molecule has 5 rings (SSSR count). The molecule has 29 heavy (non-hydrogen) atoms. The molecule has 0 aliphatic carbocycles. The molecule has 2 aromatic heterocycles. The molecule has 0 saturated heterocycles. The number of halogens is 1. The Bertz CT molecular complexity index is 1310. The Morgan fingerprint density at radius 1 is 1.00 bits per heavy atom. The van der Waals surface area contributed by atoms with Crippen molar-refractivity contribution < 1.29 is 4.74 Å². The van der Waals surface area contributed by atoms with Gasteiger partial charge >= 0.3 is 0 Å². The van der Waals surface area contributed by atoms with Crippen molar-refractivity contribution >= 4 is 27.7 Å². The fraction of sp³-hybridized carbons (Fsp3) is 0.0435. The lowest BCUT2D eigenvalue weighted by Crippen LogP contribution is -2.30. The van der Waals surface area contributed by atoms with Crippen molar-refractivity contribution in [3.05, 3.63) is 99.5 Å². The van der Waals surface area contributed by atoms with Gasteiger partial charge < -0.3 is 4.74 Å². The van der Waals surface area contributed by atoms with E-state index in [1.54, 1.807) is 13.3 Å². The highest BCUT2D eigenvalue weighted by Crippen LogP contribution is 2.29. The van der Waals surface area contributed by atoms with E-state index in [4.69, 9.17) is 9.72 Å². The molecular formula is C23H17BrN4O. The topological polar surface area (TPSA) is 52.0 Å². The lowest BCUT2D eigenvalue weighted by Gasteiger charge is -2.16. The molecular weight excluding hydrogens is 428 g/mol. The second kappa shape index (κ2) is 7.22. The van der Waals surface area contributed by atoms with Gasteiger partial charge in [0.25, 0.3) is 0 Å². The molecule has 0 atom stereocenters. The molecule has 2 aromatic carbocycles. The van der Waals surface area contributed by atoms with E-state index in [2.05, 4.69) is 50.6 Å². The maximum absolute atomic E-state index is 5.48. The minimum Gasteiger partial charge on any atom is -0.497 e. The molecule has 142 valence electrons. The Hall–Kier alpha value is -3.38. The number of pyridine rings is 1. The van der Waals surface area contributed by atoms with E-state index in [1.165, 1.54) is 0 Å². The van der Waals surface area contributed by atoms with Gasteiger partial charge in [-0.05, 0) is 51.5 Å². The van der Waals surface area contributed by atoms with E-state index < -0.39 is 0 Å². The van der Waals surface area contributed by atoms with Crippen LogP contribution in [-0.2, 0) is 0 Å². The Balaban J connectivity index is 1.83. The molecule has 4 aromatic rings. The first-order valence-electron chi connectivity index (χ1n) is 9.16. The van der Waals surface area contributed by atoms with Gasteiger partial charge in [-0.3, -0.25) is 10.4 Å². The van der Waals surface area contributed by atoms with Crippen molar-refractivity contribution in [2.45, 2.75) is 0 Å². The summed E-state index contributed by atoms with van der Waals surface area (Å²) in [6.45, 7) is 0. The third-order valence-electron chi connectivity index (χ3n) is 4.90. The predicted octanol–water partition coefficient (Wildman–Crippen LogP) is 3.26. The van der Waals surface area contributed by atoms with Crippen LogP contribution >= 0.6 is 15.9 Å². The Labute approximate surface area is 176 Å². The van der Waals surface area contributed by atoms with Crippen LogP contribution in [-0.4, -0.2) is 21.8 Å². The number of hydrogen-bond donors (Lipinski definition) is 1.